The van der Waals surface area contributed by atoms with Crippen molar-refractivity contribution in [2.24, 2.45) is 0 Å². The Morgan fingerprint density at radius 2 is 2.00 bits per heavy atom. The summed E-state index contributed by atoms with van der Waals surface area (Å²) in [6.07, 6.45) is 0.819. The number of rotatable bonds is 3. The number of benzene rings is 1. The van der Waals surface area contributed by atoms with Crippen molar-refractivity contribution in [2.45, 2.75) is 19.4 Å². The molecule has 0 aliphatic carbocycles. The van der Waals surface area contributed by atoms with E-state index in [-0.39, 0.29) is 6.42 Å². The number of halogens is 2. The van der Waals surface area contributed by atoms with E-state index in [1.165, 1.54) is 12.3 Å². The van der Waals surface area contributed by atoms with Gasteiger partial charge in [-0.25, -0.2) is 8.78 Å². The lowest BCUT2D eigenvalue weighted by molar-refractivity contribution is 0.149. The van der Waals surface area contributed by atoms with E-state index >= 15 is 0 Å². The highest BCUT2D eigenvalue weighted by molar-refractivity contribution is 5.22. The molecule has 0 saturated carbocycles. The summed E-state index contributed by atoms with van der Waals surface area (Å²) >= 11 is 0. The molecule has 0 radical (unpaired) electrons. The molecular formula is C13H12F2O2. The van der Waals surface area contributed by atoms with Crippen molar-refractivity contribution in [3.8, 4) is 0 Å². The molecule has 1 aromatic carbocycles. The first kappa shape index (κ1) is 11.8. The maximum atomic E-state index is 13.0. The van der Waals surface area contributed by atoms with Crippen molar-refractivity contribution in [3.05, 3.63) is 59.1 Å². The lowest BCUT2D eigenvalue weighted by Gasteiger charge is -2.09. The third-order valence-electron chi connectivity index (χ3n) is 2.62. The number of aliphatic hydroxyl groups excluding tert-OH is 1. The van der Waals surface area contributed by atoms with Crippen LogP contribution in [-0.4, -0.2) is 5.11 Å². The van der Waals surface area contributed by atoms with Crippen LogP contribution in [0.4, 0.5) is 8.78 Å². The number of furan rings is 1. The highest BCUT2D eigenvalue weighted by Crippen LogP contribution is 2.23. The van der Waals surface area contributed by atoms with Gasteiger partial charge in [-0.05, 0) is 36.2 Å². The SMILES string of the molecule is Cc1ccoc1C(O)Cc1ccc(F)c(F)c1. The molecule has 4 heteroatoms. The van der Waals surface area contributed by atoms with Crippen LogP contribution in [0.25, 0.3) is 0 Å². The van der Waals surface area contributed by atoms with E-state index in [1.54, 1.807) is 6.07 Å². The van der Waals surface area contributed by atoms with Gasteiger partial charge in [0.25, 0.3) is 0 Å². The Labute approximate surface area is 97.5 Å². The summed E-state index contributed by atoms with van der Waals surface area (Å²) in [4.78, 5) is 0. The molecule has 0 amide bonds. The molecule has 0 spiro atoms. The number of hydrogen-bond donors (Lipinski definition) is 1. The molecule has 2 aromatic rings. The molecule has 0 bridgehead atoms. The van der Waals surface area contributed by atoms with Crippen molar-refractivity contribution in [1.82, 2.24) is 0 Å². The topological polar surface area (TPSA) is 33.4 Å². The van der Waals surface area contributed by atoms with E-state index in [1.807, 2.05) is 6.92 Å². The van der Waals surface area contributed by atoms with Crippen molar-refractivity contribution in [1.29, 1.82) is 0 Å². The van der Waals surface area contributed by atoms with Crippen LogP contribution in [0.5, 0.6) is 0 Å². The highest BCUT2D eigenvalue weighted by Gasteiger charge is 2.15. The summed E-state index contributed by atoms with van der Waals surface area (Å²) in [6, 6.07) is 5.31. The zero-order valence-corrected chi connectivity index (χ0v) is 9.28. The Morgan fingerprint density at radius 1 is 1.24 bits per heavy atom. The molecule has 0 fully saturated rings. The van der Waals surface area contributed by atoms with Crippen LogP contribution in [0.3, 0.4) is 0 Å². The molecule has 1 atom stereocenters. The lowest BCUT2D eigenvalue weighted by atomic mass is 10.0. The fourth-order valence-corrected chi connectivity index (χ4v) is 1.71. The van der Waals surface area contributed by atoms with Crippen molar-refractivity contribution in [2.75, 3.05) is 0 Å². The van der Waals surface area contributed by atoms with Gasteiger partial charge in [0.15, 0.2) is 11.6 Å². The summed E-state index contributed by atoms with van der Waals surface area (Å²) in [5.74, 6) is -1.35. The van der Waals surface area contributed by atoms with E-state index in [2.05, 4.69) is 0 Å². The first-order valence-electron chi connectivity index (χ1n) is 5.24. The largest absolute Gasteiger partial charge is 0.466 e. The molecule has 0 aliphatic rings. The van der Waals surface area contributed by atoms with Gasteiger partial charge in [0.2, 0.25) is 0 Å². The average Bonchev–Trinajstić information content (AvgIpc) is 2.70. The minimum Gasteiger partial charge on any atom is -0.466 e. The smallest absolute Gasteiger partial charge is 0.159 e. The third-order valence-corrected chi connectivity index (χ3v) is 2.62. The fraction of sp³-hybridized carbons (Fsp3) is 0.231. The second kappa shape index (κ2) is 4.67. The van der Waals surface area contributed by atoms with Gasteiger partial charge in [-0.3, -0.25) is 0 Å². The molecule has 0 aliphatic heterocycles. The van der Waals surface area contributed by atoms with E-state index in [0.717, 1.165) is 17.7 Å². The van der Waals surface area contributed by atoms with Crippen LogP contribution in [-0.2, 0) is 6.42 Å². The molecule has 1 heterocycles. The Kier molecular flexibility index (Phi) is 3.24. The summed E-state index contributed by atoms with van der Waals surface area (Å²) < 4.78 is 30.8. The molecule has 2 nitrogen and oxygen atoms in total. The van der Waals surface area contributed by atoms with E-state index < -0.39 is 17.7 Å². The predicted molar refractivity (Wildman–Crippen MR) is 58.5 cm³/mol. The Morgan fingerprint density at radius 3 is 2.59 bits per heavy atom. The maximum absolute atomic E-state index is 13.0. The van der Waals surface area contributed by atoms with Gasteiger partial charge in [0.05, 0.1) is 6.26 Å². The average molecular weight is 238 g/mol. The van der Waals surface area contributed by atoms with Gasteiger partial charge in [0.1, 0.15) is 11.9 Å². The minimum atomic E-state index is -0.911. The first-order valence-corrected chi connectivity index (χ1v) is 5.24. The van der Waals surface area contributed by atoms with Gasteiger partial charge < -0.3 is 9.52 Å². The minimum absolute atomic E-state index is 0.186. The highest BCUT2D eigenvalue weighted by atomic mass is 19.2. The molecule has 1 N–H and O–H groups in total. The second-order valence-electron chi connectivity index (χ2n) is 3.94. The Bertz CT molecular complexity index is 520. The second-order valence-corrected chi connectivity index (χ2v) is 3.94. The van der Waals surface area contributed by atoms with Crippen molar-refractivity contribution in [3.63, 3.8) is 0 Å². The normalized spacial score (nSPS) is 12.7. The summed E-state index contributed by atoms with van der Waals surface area (Å²) in [5, 5.41) is 9.89. The van der Waals surface area contributed by atoms with Gasteiger partial charge in [-0.1, -0.05) is 6.07 Å². The van der Waals surface area contributed by atoms with Gasteiger partial charge in [0, 0.05) is 6.42 Å². The van der Waals surface area contributed by atoms with Gasteiger partial charge >= 0.3 is 0 Å². The molecule has 0 saturated heterocycles. The molecular weight excluding hydrogens is 226 g/mol. The summed E-state index contributed by atoms with van der Waals surface area (Å²) in [7, 11) is 0. The molecule has 1 unspecified atom stereocenters. The molecule has 1 aromatic heterocycles. The van der Waals surface area contributed by atoms with Gasteiger partial charge in [-0.2, -0.15) is 0 Å². The standard InChI is InChI=1S/C13H12F2O2/c1-8-4-5-17-13(8)12(16)7-9-2-3-10(14)11(15)6-9/h2-6,12,16H,7H2,1H3. The van der Waals surface area contributed by atoms with Crippen LogP contribution in [0.15, 0.2) is 34.9 Å². The van der Waals surface area contributed by atoms with Gasteiger partial charge in [-0.15, -0.1) is 0 Å². The predicted octanol–water partition coefficient (Wildman–Crippen LogP) is 3.14. The summed E-state index contributed by atoms with van der Waals surface area (Å²) in [6.45, 7) is 1.81. The van der Waals surface area contributed by atoms with Crippen LogP contribution in [0.1, 0.15) is 23.0 Å². The quantitative estimate of drug-likeness (QED) is 0.891. The molecule has 2 rings (SSSR count). The zero-order valence-electron chi connectivity index (χ0n) is 9.28. The maximum Gasteiger partial charge on any atom is 0.159 e. The summed E-state index contributed by atoms with van der Waals surface area (Å²) in [5.41, 5.74) is 1.35. The fourth-order valence-electron chi connectivity index (χ4n) is 1.71. The Hall–Kier alpha value is -1.68. The molecule has 90 valence electrons. The van der Waals surface area contributed by atoms with E-state index in [0.29, 0.717) is 11.3 Å². The zero-order chi connectivity index (χ0) is 12.4. The number of hydrogen-bond acceptors (Lipinski definition) is 2. The van der Waals surface area contributed by atoms with Crippen LogP contribution in [0.2, 0.25) is 0 Å². The lowest BCUT2D eigenvalue weighted by Crippen LogP contribution is -2.02. The van der Waals surface area contributed by atoms with Crippen LogP contribution in [0, 0.1) is 18.6 Å². The number of aliphatic hydroxyl groups is 1. The van der Waals surface area contributed by atoms with Crippen molar-refractivity contribution < 1.29 is 18.3 Å². The first-order chi connectivity index (χ1) is 8.08. The van der Waals surface area contributed by atoms with E-state index in [4.69, 9.17) is 4.42 Å². The third kappa shape index (κ3) is 2.53. The van der Waals surface area contributed by atoms with Crippen LogP contribution >= 0.6 is 0 Å². The molecule has 17 heavy (non-hydrogen) atoms. The van der Waals surface area contributed by atoms with Crippen LogP contribution < -0.4 is 0 Å². The van der Waals surface area contributed by atoms with E-state index in [9.17, 15) is 13.9 Å². The monoisotopic (exact) mass is 238 g/mol. The number of aryl methyl sites for hydroxylation is 1. The Balaban J connectivity index is 2.16. The van der Waals surface area contributed by atoms with Crippen molar-refractivity contribution >= 4 is 0 Å².